The highest BCUT2D eigenvalue weighted by molar-refractivity contribution is 9.10. The predicted octanol–water partition coefficient (Wildman–Crippen LogP) is 7.09. The van der Waals surface area contributed by atoms with Gasteiger partial charge in [-0.05, 0) is 83.9 Å². The molecule has 4 rings (SSSR count). The summed E-state index contributed by atoms with van der Waals surface area (Å²) in [6.45, 7) is 3.75. The number of carbonyl (C=O) groups is 3. The number of amides is 3. The minimum absolute atomic E-state index is 0.206. The van der Waals surface area contributed by atoms with E-state index in [0.29, 0.717) is 40.8 Å². The first-order chi connectivity index (χ1) is 18.8. The number of hydrogen-bond donors (Lipinski definition) is 1. The molecule has 0 spiro atoms. The molecule has 0 saturated carbocycles. The van der Waals surface area contributed by atoms with Crippen molar-refractivity contribution >= 4 is 68.1 Å². The molecule has 1 heterocycles. The minimum Gasteiger partial charge on any atom is -0.493 e. The topological polar surface area (TPSA) is 84.9 Å². The summed E-state index contributed by atoms with van der Waals surface area (Å²) in [6.07, 6.45) is 3.84. The standard InChI is InChI=1S/C29H24BrClN2O5S/c1-3-4-20-13-19(14-24(37-2)27(20)38-17-18-5-9-22(31)10-6-18)15-25-28(35)33(29(36)39-25)16-26(34)32-23-11-7-21(30)8-12-23/h3,5-15H,1,4,16-17H2,2H3,(H,32,34)/b25-15-. The van der Waals surface area contributed by atoms with Crippen LogP contribution in [0, 0.1) is 0 Å². The number of imide groups is 1. The number of ether oxygens (including phenoxy) is 2. The number of halogens is 2. The molecule has 1 fully saturated rings. The van der Waals surface area contributed by atoms with Gasteiger partial charge in [0.15, 0.2) is 11.5 Å². The zero-order valence-corrected chi connectivity index (χ0v) is 24.1. The van der Waals surface area contributed by atoms with Gasteiger partial charge in [0.2, 0.25) is 5.91 Å². The Morgan fingerprint density at radius 2 is 1.85 bits per heavy atom. The number of hydrogen-bond acceptors (Lipinski definition) is 6. The number of allylic oxidation sites excluding steroid dienone is 1. The second-order valence-electron chi connectivity index (χ2n) is 8.44. The number of nitrogens with zero attached hydrogens (tertiary/aromatic N) is 1. The molecule has 1 aliphatic heterocycles. The molecular formula is C29H24BrClN2O5S. The Hall–Kier alpha value is -3.53. The fourth-order valence-electron chi connectivity index (χ4n) is 3.79. The normalized spacial score (nSPS) is 14.0. The summed E-state index contributed by atoms with van der Waals surface area (Å²) in [5, 5.41) is 2.82. The summed E-state index contributed by atoms with van der Waals surface area (Å²) in [6, 6.07) is 17.9. The highest BCUT2D eigenvalue weighted by Gasteiger charge is 2.36. The molecule has 0 radical (unpaired) electrons. The SMILES string of the molecule is C=CCc1cc(/C=C2\SC(=O)N(CC(=O)Nc3ccc(Br)cc3)C2=O)cc(OC)c1OCc1ccc(Cl)cc1. The molecule has 3 aromatic rings. The molecule has 7 nitrogen and oxygen atoms in total. The van der Waals surface area contributed by atoms with Crippen molar-refractivity contribution in [3.8, 4) is 11.5 Å². The molecule has 200 valence electrons. The number of methoxy groups -OCH3 is 1. The van der Waals surface area contributed by atoms with Crippen LogP contribution >= 0.6 is 39.3 Å². The summed E-state index contributed by atoms with van der Waals surface area (Å²) in [5.74, 6) is 0.0196. The van der Waals surface area contributed by atoms with E-state index in [4.69, 9.17) is 21.1 Å². The van der Waals surface area contributed by atoms with Crippen LogP contribution < -0.4 is 14.8 Å². The maximum Gasteiger partial charge on any atom is 0.294 e. The molecule has 1 N–H and O–H groups in total. The lowest BCUT2D eigenvalue weighted by atomic mass is 10.0. The Kier molecular flexibility index (Phi) is 9.50. The van der Waals surface area contributed by atoms with Gasteiger partial charge in [-0.2, -0.15) is 0 Å². The molecule has 1 saturated heterocycles. The molecule has 10 heteroatoms. The van der Waals surface area contributed by atoms with E-state index in [1.54, 1.807) is 54.6 Å². The number of benzene rings is 3. The third-order valence-corrected chi connectivity index (χ3v) is 7.32. The van der Waals surface area contributed by atoms with Crippen molar-refractivity contribution in [1.29, 1.82) is 0 Å². The summed E-state index contributed by atoms with van der Waals surface area (Å²) in [7, 11) is 1.53. The van der Waals surface area contributed by atoms with Gasteiger partial charge in [-0.15, -0.1) is 6.58 Å². The molecule has 0 unspecified atom stereocenters. The van der Waals surface area contributed by atoms with E-state index < -0.39 is 17.1 Å². The maximum absolute atomic E-state index is 13.0. The van der Waals surface area contributed by atoms with Gasteiger partial charge >= 0.3 is 0 Å². The second kappa shape index (κ2) is 13.0. The van der Waals surface area contributed by atoms with E-state index in [9.17, 15) is 14.4 Å². The van der Waals surface area contributed by atoms with Crippen LogP contribution in [0.1, 0.15) is 16.7 Å². The first-order valence-electron chi connectivity index (χ1n) is 11.8. The van der Waals surface area contributed by atoms with Crippen LogP contribution in [-0.4, -0.2) is 35.6 Å². The Balaban J connectivity index is 1.51. The van der Waals surface area contributed by atoms with Crippen LogP contribution in [0.25, 0.3) is 6.08 Å². The fourth-order valence-corrected chi connectivity index (χ4v) is 5.02. The van der Waals surface area contributed by atoms with Crippen molar-refractivity contribution in [2.75, 3.05) is 19.0 Å². The summed E-state index contributed by atoms with van der Waals surface area (Å²) in [5.41, 5.74) is 2.95. The number of rotatable bonds is 10. The Morgan fingerprint density at radius 1 is 1.13 bits per heavy atom. The van der Waals surface area contributed by atoms with Gasteiger partial charge in [0.1, 0.15) is 13.2 Å². The molecule has 0 aromatic heterocycles. The number of thioether (sulfide) groups is 1. The van der Waals surface area contributed by atoms with Gasteiger partial charge in [0.25, 0.3) is 11.1 Å². The number of nitrogens with one attached hydrogen (secondary N) is 1. The zero-order chi connectivity index (χ0) is 27.9. The lowest BCUT2D eigenvalue weighted by Gasteiger charge is -2.16. The second-order valence-corrected chi connectivity index (χ2v) is 10.8. The van der Waals surface area contributed by atoms with Crippen molar-refractivity contribution in [1.82, 2.24) is 4.90 Å². The lowest BCUT2D eigenvalue weighted by Crippen LogP contribution is -2.36. The van der Waals surface area contributed by atoms with Crippen molar-refractivity contribution in [2.24, 2.45) is 0 Å². The van der Waals surface area contributed by atoms with Crippen molar-refractivity contribution in [2.45, 2.75) is 13.0 Å². The summed E-state index contributed by atoms with van der Waals surface area (Å²) < 4.78 is 12.6. The van der Waals surface area contributed by atoms with E-state index in [1.165, 1.54) is 7.11 Å². The highest BCUT2D eigenvalue weighted by Crippen LogP contribution is 2.37. The van der Waals surface area contributed by atoms with E-state index >= 15 is 0 Å². The van der Waals surface area contributed by atoms with Crippen LogP contribution in [0.5, 0.6) is 11.5 Å². The Labute approximate surface area is 243 Å². The van der Waals surface area contributed by atoms with E-state index in [2.05, 4.69) is 27.8 Å². The Morgan fingerprint density at radius 3 is 2.51 bits per heavy atom. The zero-order valence-electron chi connectivity index (χ0n) is 20.9. The fraction of sp³-hybridized carbons (Fsp3) is 0.138. The third-order valence-electron chi connectivity index (χ3n) is 5.64. The molecule has 3 amide bonds. The quantitative estimate of drug-likeness (QED) is 0.191. The van der Waals surface area contributed by atoms with E-state index in [0.717, 1.165) is 32.3 Å². The van der Waals surface area contributed by atoms with E-state index in [1.807, 2.05) is 18.2 Å². The minimum atomic E-state index is -0.539. The third kappa shape index (κ3) is 7.32. The molecule has 3 aromatic carbocycles. The van der Waals surface area contributed by atoms with Crippen molar-refractivity contribution < 1.29 is 23.9 Å². The predicted molar refractivity (Wildman–Crippen MR) is 158 cm³/mol. The van der Waals surface area contributed by atoms with E-state index in [-0.39, 0.29) is 11.4 Å². The van der Waals surface area contributed by atoms with Crippen LogP contribution in [0.3, 0.4) is 0 Å². The van der Waals surface area contributed by atoms with Gasteiger partial charge in [-0.1, -0.05) is 45.7 Å². The van der Waals surface area contributed by atoms with Gasteiger partial charge in [0, 0.05) is 20.7 Å². The number of carbonyl (C=O) groups excluding carboxylic acids is 3. The molecule has 0 atom stereocenters. The van der Waals surface area contributed by atoms with Crippen LogP contribution in [-0.2, 0) is 22.6 Å². The number of anilines is 1. The molecular weight excluding hydrogens is 604 g/mol. The smallest absolute Gasteiger partial charge is 0.294 e. The van der Waals surface area contributed by atoms with Gasteiger partial charge in [-0.3, -0.25) is 19.3 Å². The van der Waals surface area contributed by atoms with Crippen molar-refractivity contribution in [3.63, 3.8) is 0 Å². The summed E-state index contributed by atoms with van der Waals surface area (Å²) >= 11 is 10.1. The maximum atomic E-state index is 13.0. The average Bonchev–Trinajstić information content (AvgIpc) is 3.17. The van der Waals surface area contributed by atoms with Gasteiger partial charge in [-0.25, -0.2) is 0 Å². The Bertz CT molecular complexity index is 1440. The van der Waals surface area contributed by atoms with Crippen molar-refractivity contribution in [3.05, 3.63) is 104 Å². The van der Waals surface area contributed by atoms with Crippen LogP contribution in [0.2, 0.25) is 5.02 Å². The van der Waals surface area contributed by atoms with Crippen LogP contribution in [0.4, 0.5) is 10.5 Å². The largest absolute Gasteiger partial charge is 0.493 e. The van der Waals surface area contributed by atoms with Gasteiger partial charge < -0.3 is 14.8 Å². The van der Waals surface area contributed by atoms with Gasteiger partial charge in [0.05, 0.1) is 12.0 Å². The first-order valence-corrected chi connectivity index (χ1v) is 13.8. The molecule has 0 aliphatic carbocycles. The summed E-state index contributed by atoms with van der Waals surface area (Å²) in [4.78, 5) is 39.2. The molecule has 39 heavy (non-hydrogen) atoms. The monoisotopic (exact) mass is 626 g/mol. The highest BCUT2D eigenvalue weighted by atomic mass is 79.9. The first kappa shape index (κ1) is 28.5. The van der Waals surface area contributed by atoms with Crippen LogP contribution in [0.15, 0.2) is 82.7 Å². The molecule has 0 bridgehead atoms. The lowest BCUT2D eigenvalue weighted by molar-refractivity contribution is -0.127. The molecule has 1 aliphatic rings. The average molecular weight is 628 g/mol.